The average Bonchev–Trinajstić information content (AvgIpc) is 2.17. The quantitative estimate of drug-likeness (QED) is 0.569. The minimum Gasteiger partial charge on any atom is -0.262 e. The lowest BCUT2D eigenvalue weighted by atomic mass is 10.2. The summed E-state index contributed by atoms with van der Waals surface area (Å²) in [6.45, 7) is 0. The van der Waals surface area contributed by atoms with Crippen LogP contribution in [0.1, 0.15) is 5.56 Å². The fourth-order valence-corrected chi connectivity index (χ4v) is 1.07. The SMILES string of the molecule is N#Cc1cc2ccncc2nc1F. The van der Waals surface area contributed by atoms with Crippen LogP contribution in [-0.2, 0) is 0 Å². The van der Waals surface area contributed by atoms with Crippen molar-refractivity contribution in [2.75, 3.05) is 0 Å². The predicted molar refractivity (Wildman–Crippen MR) is 44.2 cm³/mol. The standard InChI is InChI=1S/C9H4FN3/c10-9-7(4-11)3-6-1-2-12-5-8(6)13-9/h1-3,5H. The van der Waals surface area contributed by atoms with E-state index >= 15 is 0 Å². The van der Waals surface area contributed by atoms with Crippen molar-refractivity contribution in [2.45, 2.75) is 0 Å². The molecule has 13 heavy (non-hydrogen) atoms. The van der Waals surface area contributed by atoms with Crippen LogP contribution >= 0.6 is 0 Å². The van der Waals surface area contributed by atoms with Gasteiger partial charge in [0.25, 0.3) is 0 Å². The Kier molecular flexibility index (Phi) is 1.64. The maximum atomic E-state index is 13.0. The van der Waals surface area contributed by atoms with Crippen molar-refractivity contribution in [3.63, 3.8) is 0 Å². The highest BCUT2D eigenvalue weighted by Gasteiger charge is 2.04. The summed E-state index contributed by atoms with van der Waals surface area (Å²) in [7, 11) is 0. The third kappa shape index (κ3) is 1.20. The Labute approximate surface area is 73.5 Å². The van der Waals surface area contributed by atoms with Crippen LogP contribution in [0.4, 0.5) is 4.39 Å². The first-order valence-corrected chi connectivity index (χ1v) is 3.61. The van der Waals surface area contributed by atoms with Crippen molar-refractivity contribution in [3.8, 4) is 6.07 Å². The third-order valence-electron chi connectivity index (χ3n) is 1.69. The summed E-state index contributed by atoms with van der Waals surface area (Å²) in [5.74, 6) is -0.747. The molecule has 4 heteroatoms. The Morgan fingerprint density at radius 1 is 1.46 bits per heavy atom. The van der Waals surface area contributed by atoms with Crippen LogP contribution in [0.2, 0.25) is 0 Å². The Balaban J connectivity index is 2.83. The van der Waals surface area contributed by atoms with Crippen LogP contribution in [0.15, 0.2) is 24.5 Å². The van der Waals surface area contributed by atoms with E-state index in [4.69, 9.17) is 5.26 Å². The Bertz CT molecular complexity index is 502. The van der Waals surface area contributed by atoms with Gasteiger partial charge < -0.3 is 0 Å². The summed E-state index contributed by atoms with van der Waals surface area (Å²) in [4.78, 5) is 7.39. The van der Waals surface area contributed by atoms with Gasteiger partial charge in [0, 0.05) is 11.6 Å². The van der Waals surface area contributed by atoms with E-state index in [1.165, 1.54) is 12.3 Å². The molecule has 0 saturated carbocycles. The van der Waals surface area contributed by atoms with Crippen LogP contribution in [0.3, 0.4) is 0 Å². The summed E-state index contributed by atoms with van der Waals surface area (Å²) in [5, 5.41) is 9.25. The van der Waals surface area contributed by atoms with Gasteiger partial charge in [-0.25, -0.2) is 4.98 Å². The Morgan fingerprint density at radius 3 is 3.08 bits per heavy atom. The molecule has 0 spiro atoms. The number of halogens is 1. The molecule has 0 saturated heterocycles. The molecule has 0 aliphatic rings. The Hall–Kier alpha value is -2.02. The van der Waals surface area contributed by atoms with Gasteiger partial charge in [-0.2, -0.15) is 9.65 Å². The fraction of sp³-hybridized carbons (Fsp3) is 0. The zero-order valence-electron chi connectivity index (χ0n) is 6.53. The van der Waals surface area contributed by atoms with Crippen LogP contribution in [0.25, 0.3) is 10.9 Å². The molecule has 0 radical (unpaired) electrons. The number of hydrogen-bond acceptors (Lipinski definition) is 3. The van der Waals surface area contributed by atoms with Gasteiger partial charge in [-0.1, -0.05) is 0 Å². The van der Waals surface area contributed by atoms with Crippen LogP contribution < -0.4 is 0 Å². The molecule has 0 bridgehead atoms. The highest BCUT2D eigenvalue weighted by molar-refractivity contribution is 5.78. The Morgan fingerprint density at radius 2 is 2.31 bits per heavy atom. The maximum absolute atomic E-state index is 13.0. The third-order valence-corrected chi connectivity index (χ3v) is 1.69. The van der Waals surface area contributed by atoms with Gasteiger partial charge in [-0.15, -0.1) is 0 Å². The molecule has 0 unspecified atom stereocenters. The number of nitrogens with zero attached hydrogens (tertiary/aromatic N) is 3. The molecule has 0 amide bonds. The molecule has 2 aromatic heterocycles. The summed E-state index contributed by atoms with van der Waals surface area (Å²) in [6, 6.07) is 4.87. The smallest absolute Gasteiger partial charge is 0.231 e. The van der Waals surface area contributed by atoms with Crippen molar-refractivity contribution in [1.29, 1.82) is 5.26 Å². The van der Waals surface area contributed by atoms with E-state index in [1.54, 1.807) is 18.3 Å². The number of rotatable bonds is 0. The number of hydrogen-bond donors (Lipinski definition) is 0. The normalized spacial score (nSPS) is 9.85. The topological polar surface area (TPSA) is 49.6 Å². The summed E-state index contributed by atoms with van der Waals surface area (Å²) in [5.41, 5.74) is 0.415. The van der Waals surface area contributed by atoms with Crippen LogP contribution in [0.5, 0.6) is 0 Å². The molecule has 0 atom stereocenters. The van der Waals surface area contributed by atoms with Gasteiger partial charge >= 0.3 is 0 Å². The number of aromatic nitrogens is 2. The number of pyridine rings is 2. The second kappa shape index (κ2) is 2.79. The van der Waals surface area contributed by atoms with E-state index in [2.05, 4.69) is 9.97 Å². The fourth-order valence-electron chi connectivity index (χ4n) is 1.07. The van der Waals surface area contributed by atoms with Gasteiger partial charge in [0.15, 0.2) is 0 Å². The molecule has 0 aromatic carbocycles. The zero-order valence-corrected chi connectivity index (χ0v) is 6.53. The van der Waals surface area contributed by atoms with Crippen LogP contribution in [0, 0.1) is 17.3 Å². The first-order valence-electron chi connectivity index (χ1n) is 3.61. The monoisotopic (exact) mass is 173 g/mol. The van der Waals surface area contributed by atoms with Gasteiger partial charge in [0.2, 0.25) is 5.95 Å². The second-order valence-corrected chi connectivity index (χ2v) is 2.51. The van der Waals surface area contributed by atoms with Crippen molar-refractivity contribution in [1.82, 2.24) is 9.97 Å². The molecular formula is C9H4FN3. The molecule has 0 N–H and O–H groups in total. The molecule has 62 valence electrons. The first-order chi connectivity index (χ1) is 6.31. The zero-order chi connectivity index (χ0) is 9.26. The molecule has 2 heterocycles. The molecule has 2 aromatic rings. The van der Waals surface area contributed by atoms with E-state index in [-0.39, 0.29) is 5.56 Å². The predicted octanol–water partition coefficient (Wildman–Crippen LogP) is 1.64. The molecular weight excluding hydrogens is 169 g/mol. The maximum Gasteiger partial charge on any atom is 0.231 e. The largest absolute Gasteiger partial charge is 0.262 e. The minimum absolute atomic E-state index is 0.0429. The van der Waals surface area contributed by atoms with Crippen molar-refractivity contribution < 1.29 is 4.39 Å². The number of fused-ring (bicyclic) bond motifs is 1. The molecule has 3 nitrogen and oxygen atoms in total. The van der Waals surface area contributed by atoms with Crippen molar-refractivity contribution in [2.24, 2.45) is 0 Å². The highest BCUT2D eigenvalue weighted by atomic mass is 19.1. The second-order valence-electron chi connectivity index (χ2n) is 2.51. The van der Waals surface area contributed by atoms with Crippen molar-refractivity contribution in [3.05, 3.63) is 36.0 Å². The van der Waals surface area contributed by atoms with Gasteiger partial charge in [-0.3, -0.25) is 4.98 Å². The van der Waals surface area contributed by atoms with Crippen LogP contribution in [-0.4, -0.2) is 9.97 Å². The number of nitriles is 1. The highest BCUT2D eigenvalue weighted by Crippen LogP contribution is 2.13. The lowest BCUT2D eigenvalue weighted by Gasteiger charge is -1.96. The summed E-state index contributed by atoms with van der Waals surface area (Å²) in [6.07, 6.45) is 3.03. The van der Waals surface area contributed by atoms with Gasteiger partial charge in [0.05, 0.1) is 11.7 Å². The first kappa shape index (κ1) is 7.62. The van der Waals surface area contributed by atoms with E-state index < -0.39 is 5.95 Å². The lowest BCUT2D eigenvalue weighted by molar-refractivity contribution is 0.585. The van der Waals surface area contributed by atoms with Gasteiger partial charge in [0.1, 0.15) is 11.6 Å². The van der Waals surface area contributed by atoms with E-state index in [1.807, 2.05) is 0 Å². The summed E-state index contributed by atoms with van der Waals surface area (Å²) >= 11 is 0. The summed E-state index contributed by atoms with van der Waals surface area (Å²) < 4.78 is 13.0. The van der Waals surface area contributed by atoms with E-state index in [9.17, 15) is 4.39 Å². The molecule has 0 aliphatic carbocycles. The molecule has 0 aliphatic heterocycles. The molecule has 2 rings (SSSR count). The van der Waals surface area contributed by atoms with Crippen molar-refractivity contribution >= 4 is 10.9 Å². The van der Waals surface area contributed by atoms with Gasteiger partial charge in [-0.05, 0) is 12.1 Å². The van der Waals surface area contributed by atoms with E-state index in [0.29, 0.717) is 10.9 Å². The average molecular weight is 173 g/mol. The van der Waals surface area contributed by atoms with E-state index in [0.717, 1.165) is 0 Å². The molecule has 0 fully saturated rings. The minimum atomic E-state index is -0.747. The lowest BCUT2D eigenvalue weighted by Crippen LogP contribution is -1.90.